The highest BCUT2D eigenvalue weighted by atomic mass is 19.1. The van der Waals surface area contributed by atoms with Crippen LogP contribution in [0.2, 0.25) is 0 Å². The van der Waals surface area contributed by atoms with Crippen LogP contribution in [0, 0.1) is 0 Å². The second kappa shape index (κ2) is 4.73. The third kappa shape index (κ3) is 2.55. The van der Waals surface area contributed by atoms with Crippen LogP contribution in [0.15, 0.2) is 30.3 Å². The number of nitrogens with two attached hydrogens (primary N) is 1. The maximum Gasteiger partial charge on any atom is 0.103 e. The van der Waals surface area contributed by atoms with Crippen LogP contribution in [-0.2, 0) is 0 Å². The van der Waals surface area contributed by atoms with E-state index >= 15 is 0 Å². The van der Waals surface area contributed by atoms with Gasteiger partial charge in [0.1, 0.15) is 6.17 Å². The molecule has 1 fully saturated rings. The molecule has 15 heavy (non-hydrogen) atoms. The fourth-order valence-corrected chi connectivity index (χ4v) is 2.01. The lowest BCUT2D eigenvalue weighted by Gasteiger charge is -2.33. The first kappa shape index (κ1) is 10.6. The zero-order valence-electron chi connectivity index (χ0n) is 8.77. The molecule has 1 unspecified atom stereocenters. The van der Waals surface area contributed by atoms with Crippen molar-refractivity contribution >= 4 is 0 Å². The van der Waals surface area contributed by atoms with Crippen LogP contribution < -0.4 is 5.73 Å². The number of hydrogen-bond donors (Lipinski definition) is 1. The van der Waals surface area contributed by atoms with E-state index in [-0.39, 0.29) is 6.17 Å². The lowest BCUT2D eigenvalue weighted by molar-refractivity contribution is 0.113. The Morgan fingerprint density at radius 1 is 1.20 bits per heavy atom. The Labute approximate surface area is 89.9 Å². The van der Waals surface area contributed by atoms with Crippen molar-refractivity contribution in [1.29, 1.82) is 0 Å². The van der Waals surface area contributed by atoms with Crippen LogP contribution in [0.4, 0.5) is 4.39 Å². The summed E-state index contributed by atoms with van der Waals surface area (Å²) < 4.78 is 13.0. The van der Waals surface area contributed by atoms with Gasteiger partial charge in [-0.2, -0.15) is 0 Å². The fraction of sp³-hybridized carbons (Fsp3) is 0.500. The Balaban J connectivity index is 1.99. The standard InChI is InChI=1S/C12H17FN2/c13-11-6-8-15(9-7-11)12(14)10-4-2-1-3-5-10/h1-5,11-12H,6-9,14H2. The molecule has 1 aliphatic rings. The molecule has 0 radical (unpaired) electrons. The second-order valence-corrected chi connectivity index (χ2v) is 4.07. The third-order valence-electron chi connectivity index (χ3n) is 2.99. The highest BCUT2D eigenvalue weighted by molar-refractivity contribution is 5.18. The molecule has 2 nitrogen and oxygen atoms in total. The summed E-state index contributed by atoms with van der Waals surface area (Å²) >= 11 is 0. The smallest absolute Gasteiger partial charge is 0.103 e. The molecule has 2 rings (SSSR count). The monoisotopic (exact) mass is 208 g/mol. The van der Waals surface area contributed by atoms with Crippen molar-refractivity contribution in [1.82, 2.24) is 4.90 Å². The number of piperidine rings is 1. The Bertz CT molecular complexity index is 294. The lowest BCUT2D eigenvalue weighted by Crippen LogP contribution is -2.41. The van der Waals surface area contributed by atoms with Crippen molar-refractivity contribution in [3.8, 4) is 0 Å². The minimum absolute atomic E-state index is 0.0845. The first-order valence-electron chi connectivity index (χ1n) is 5.46. The van der Waals surface area contributed by atoms with Crippen LogP contribution in [0.5, 0.6) is 0 Å². The summed E-state index contributed by atoms with van der Waals surface area (Å²) in [5.41, 5.74) is 7.22. The van der Waals surface area contributed by atoms with E-state index < -0.39 is 6.17 Å². The Morgan fingerprint density at radius 2 is 1.80 bits per heavy atom. The third-order valence-corrected chi connectivity index (χ3v) is 2.99. The number of alkyl halides is 1. The normalized spacial score (nSPS) is 21.5. The molecule has 3 heteroatoms. The predicted octanol–water partition coefficient (Wildman–Crippen LogP) is 2.08. The maximum absolute atomic E-state index is 13.0. The van der Waals surface area contributed by atoms with E-state index in [9.17, 15) is 4.39 Å². The highest BCUT2D eigenvalue weighted by Crippen LogP contribution is 2.21. The largest absolute Gasteiger partial charge is 0.312 e. The fourth-order valence-electron chi connectivity index (χ4n) is 2.01. The molecule has 0 saturated carbocycles. The van der Waals surface area contributed by atoms with Gasteiger partial charge in [-0.05, 0) is 18.4 Å². The van der Waals surface area contributed by atoms with Crippen LogP contribution in [0.1, 0.15) is 24.6 Å². The highest BCUT2D eigenvalue weighted by Gasteiger charge is 2.23. The molecule has 0 amide bonds. The van der Waals surface area contributed by atoms with Gasteiger partial charge in [0.25, 0.3) is 0 Å². The predicted molar refractivity (Wildman–Crippen MR) is 59.1 cm³/mol. The maximum atomic E-state index is 13.0. The lowest BCUT2D eigenvalue weighted by atomic mass is 10.1. The van der Waals surface area contributed by atoms with Crippen LogP contribution in [0.25, 0.3) is 0 Å². The minimum Gasteiger partial charge on any atom is -0.312 e. The molecule has 1 aromatic carbocycles. The molecule has 0 spiro atoms. The van der Waals surface area contributed by atoms with Crippen molar-refractivity contribution < 1.29 is 4.39 Å². The van der Waals surface area contributed by atoms with E-state index in [4.69, 9.17) is 5.73 Å². The number of halogens is 1. The van der Waals surface area contributed by atoms with Gasteiger partial charge < -0.3 is 5.73 Å². The molecule has 0 bridgehead atoms. The SMILES string of the molecule is NC(c1ccccc1)N1CCC(F)CC1. The van der Waals surface area contributed by atoms with Crippen LogP contribution in [0.3, 0.4) is 0 Å². The summed E-state index contributed by atoms with van der Waals surface area (Å²) in [5, 5.41) is 0. The van der Waals surface area contributed by atoms with Gasteiger partial charge in [0.05, 0.1) is 6.17 Å². The summed E-state index contributed by atoms with van der Waals surface area (Å²) in [4.78, 5) is 2.14. The summed E-state index contributed by atoms with van der Waals surface area (Å²) in [7, 11) is 0. The van der Waals surface area contributed by atoms with Gasteiger partial charge in [-0.3, -0.25) is 4.90 Å². The Kier molecular flexibility index (Phi) is 3.34. The molecular formula is C12H17FN2. The van der Waals surface area contributed by atoms with E-state index in [1.807, 2.05) is 30.3 Å². The molecule has 1 heterocycles. The number of likely N-dealkylation sites (tertiary alicyclic amines) is 1. The molecule has 1 aliphatic heterocycles. The topological polar surface area (TPSA) is 29.3 Å². The molecule has 1 aromatic rings. The van der Waals surface area contributed by atoms with Gasteiger partial charge in [0.2, 0.25) is 0 Å². The Morgan fingerprint density at radius 3 is 2.40 bits per heavy atom. The van der Waals surface area contributed by atoms with E-state index in [1.165, 1.54) is 0 Å². The van der Waals surface area contributed by atoms with E-state index in [0.29, 0.717) is 12.8 Å². The first-order valence-corrected chi connectivity index (χ1v) is 5.46. The van der Waals surface area contributed by atoms with Crippen molar-refractivity contribution in [2.24, 2.45) is 5.73 Å². The minimum atomic E-state index is -0.635. The summed E-state index contributed by atoms with van der Waals surface area (Å²) in [6.45, 7) is 1.52. The number of hydrogen-bond acceptors (Lipinski definition) is 2. The quantitative estimate of drug-likeness (QED) is 0.806. The zero-order chi connectivity index (χ0) is 10.7. The van der Waals surface area contributed by atoms with Crippen LogP contribution >= 0.6 is 0 Å². The van der Waals surface area contributed by atoms with Crippen molar-refractivity contribution in [3.05, 3.63) is 35.9 Å². The van der Waals surface area contributed by atoms with E-state index in [0.717, 1.165) is 18.7 Å². The molecule has 0 aromatic heterocycles. The molecule has 2 N–H and O–H groups in total. The summed E-state index contributed by atoms with van der Waals surface area (Å²) in [6, 6.07) is 9.98. The van der Waals surface area contributed by atoms with Crippen molar-refractivity contribution in [2.75, 3.05) is 13.1 Å². The molecule has 0 aliphatic carbocycles. The average Bonchev–Trinajstić information content (AvgIpc) is 2.30. The van der Waals surface area contributed by atoms with Gasteiger partial charge >= 0.3 is 0 Å². The number of nitrogens with zero attached hydrogens (tertiary/aromatic N) is 1. The zero-order valence-corrected chi connectivity index (χ0v) is 8.77. The van der Waals surface area contributed by atoms with Gasteiger partial charge in [-0.15, -0.1) is 0 Å². The second-order valence-electron chi connectivity index (χ2n) is 4.07. The van der Waals surface area contributed by atoms with Gasteiger partial charge in [-0.25, -0.2) is 4.39 Å². The molecular weight excluding hydrogens is 191 g/mol. The van der Waals surface area contributed by atoms with E-state index in [2.05, 4.69) is 4.90 Å². The molecule has 82 valence electrons. The van der Waals surface area contributed by atoms with Gasteiger partial charge in [0, 0.05) is 13.1 Å². The summed E-state index contributed by atoms with van der Waals surface area (Å²) in [6.07, 6.45) is 0.504. The molecule has 1 atom stereocenters. The van der Waals surface area contributed by atoms with Crippen molar-refractivity contribution in [2.45, 2.75) is 25.2 Å². The molecule has 1 saturated heterocycles. The number of benzene rings is 1. The van der Waals surface area contributed by atoms with Gasteiger partial charge in [-0.1, -0.05) is 30.3 Å². The first-order chi connectivity index (χ1) is 7.27. The van der Waals surface area contributed by atoms with E-state index in [1.54, 1.807) is 0 Å². The van der Waals surface area contributed by atoms with Gasteiger partial charge in [0.15, 0.2) is 0 Å². The summed E-state index contributed by atoms with van der Waals surface area (Å²) in [5.74, 6) is 0. The van der Waals surface area contributed by atoms with Crippen LogP contribution in [-0.4, -0.2) is 24.2 Å². The number of rotatable bonds is 2. The average molecular weight is 208 g/mol. The Hall–Kier alpha value is -0.930. The van der Waals surface area contributed by atoms with Crippen molar-refractivity contribution in [3.63, 3.8) is 0 Å².